The van der Waals surface area contributed by atoms with Gasteiger partial charge in [-0.15, -0.1) is 0 Å². The van der Waals surface area contributed by atoms with Gasteiger partial charge in [-0.3, -0.25) is 19.2 Å². The minimum atomic E-state index is -0.862. The third-order valence-electron chi connectivity index (χ3n) is 8.28. The first kappa shape index (κ1) is 33.8. The van der Waals surface area contributed by atoms with Crippen LogP contribution in [-0.2, 0) is 30.3 Å². The van der Waals surface area contributed by atoms with E-state index in [2.05, 4.69) is 5.32 Å². The molecule has 2 aromatic rings. The number of benzene rings is 2. The van der Waals surface area contributed by atoms with Gasteiger partial charge in [0, 0.05) is 30.2 Å². The third-order valence-corrected chi connectivity index (χ3v) is 8.28. The molecule has 244 valence electrons. The molecule has 11 heteroatoms. The second kappa shape index (κ2) is 14.8. The summed E-state index contributed by atoms with van der Waals surface area (Å²) in [5.41, 5.74) is 1.98. The second-order valence-electron chi connectivity index (χ2n) is 12.1. The van der Waals surface area contributed by atoms with Crippen molar-refractivity contribution in [1.29, 1.82) is 0 Å². The van der Waals surface area contributed by atoms with Crippen LogP contribution in [0.1, 0.15) is 64.6 Å². The number of nitrogens with one attached hydrogen (secondary N) is 1. The fourth-order valence-corrected chi connectivity index (χ4v) is 6.18. The van der Waals surface area contributed by atoms with Gasteiger partial charge in [-0.25, -0.2) is 0 Å². The summed E-state index contributed by atoms with van der Waals surface area (Å²) in [6.07, 6.45) is 0.286. The van der Waals surface area contributed by atoms with Gasteiger partial charge in [0.1, 0.15) is 17.5 Å². The maximum atomic E-state index is 14.5. The zero-order valence-corrected chi connectivity index (χ0v) is 26.9. The van der Waals surface area contributed by atoms with Crippen LogP contribution in [-0.4, -0.2) is 78.8 Å². The first-order valence-corrected chi connectivity index (χ1v) is 15.6. The molecule has 3 amide bonds. The van der Waals surface area contributed by atoms with Crippen LogP contribution in [0.2, 0.25) is 0 Å². The van der Waals surface area contributed by atoms with Crippen molar-refractivity contribution in [2.24, 2.45) is 11.8 Å². The Bertz CT molecular complexity index is 1380. The highest BCUT2D eigenvalue weighted by Gasteiger charge is 2.57. The van der Waals surface area contributed by atoms with Gasteiger partial charge >= 0.3 is 5.97 Å². The quantitative estimate of drug-likeness (QED) is 0.256. The fourth-order valence-electron chi connectivity index (χ4n) is 6.18. The van der Waals surface area contributed by atoms with Gasteiger partial charge < -0.3 is 34.4 Å². The highest BCUT2D eigenvalue weighted by molar-refractivity contribution is 6.04. The number of ether oxygens (including phenoxy) is 3. The van der Waals surface area contributed by atoms with Crippen LogP contribution in [0.3, 0.4) is 0 Å². The lowest BCUT2D eigenvalue weighted by Crippen LogP contribution is -2.70. The van der Waals surface area contributed by atoms with Crippen molar-refractivity contribution >= 4 is 29.4 Å². The molecule has 0 aromatic heterocycles. The summed E-state index contributed by atoms with van der Waals surface area (Å²) in [6, 6.07) is 9.29. The smallest absolute Gasteiger partial charge is 0.307 e. The Morgan fingerprint density at radius 1 is 1.02 bits per heavy atom. The molecule has 2 aromatic carbocycles. The van der Waals surface area contributed by atoms with Crippen LogP contribution < -0.4 is 19.7 Å². The first-order valence-electron chi connectivity index (χ1n) is 15.6. The molecule has 4 atom stereocenters. The number of fused-ring (bicyclic) bond motifs is 3. The van der Waals surface area contributed by atoms with Crippen LogP contribution in [0.25, 0.3) is 0 Å². The maximum Gasteiger partial charge on any atom is 0.307 e. The average molecular weight is 624 g/mol. The van der Waals surface area contributed by atoms with Crippen LogP contribution in [0, 0.1) is 11.8 Å². The van der Waals surface area contributed by atoms with Crippen LogP contribution in [0.5, 0.6) is 11.5 Å². The topological polar surface area (TPSA) is 135 Å². The molecule has 0 saturated carbocycles. The molecule has 2 aliphatic rings. The molecule has 4 rings (SSSR count). The Labute approximate surface area is 264 Å². The first-order chi connectivity index (χ1) is 21.5. The van der Waals surface area contributed by atoms with Gasteiger partial charge in [0.05, 0.1) is 51.3 Å². The molecule has 2 heterocycles. The summed E-state index contributed by atoms with van der Waals surface area (Å²) in [4.78, 5) is 58.4. The monoisotopic (exact) mass is 623 g/mol. The van der Waals surface area contributed by atoms with Gasteiger partial charge in [0.25, 0.3) is 0 Å². The van der Waals surface area contributed by atoms with Gasteiger partial charge in [-0.2, -0.15) is 0 Å². The van der Waals surface area contributed by atoms with E-state index in [0.29, 0.717) is 35.8 Å². The van der Waals surface area contributed by atoms with E-state index in [1.807, 2.05) is 13.8 Å². The van der Waals surface area contributed by atoms with Gasteiger partial charge in [-0.1, -0.05) is 39.8 Å². The molecule has 11 nitrogen and oxygen atoms in total. The van der Waals surface area contributed by atoms with Crippen molar-refractivity contribution in [2.75, 3.05) is 31.8 Å². The minimum absolute atomic E-state index is 0.00531. The third kappa shape index (κ3) is 7.24. The summed E-state index contributed by atoms with van der Waals surface area (Å²) in [5, 5.41) is 12.3. The molecule has 1 saturated heterocycles. The van der Waals surface area contributed by atoms with E-state index in [1.54, 1.807) is 80.1 Å². The number of esters is 1. The van der Waals surface area contributed by atoms with Crippen LogP contribution in [0.15, 0.2) is 42.5 Å². The van der Waals surface area contributed by atoms with Crippen LogP contribution in [0.4, 0.5) is 5.69 Å². The Kier molecular flexibility index (Phi) is 11.1. The van der Waals surface area contributed by atoms with Gasteiger partial charge in [0.15, 0.2) is 0 Å². The van der Waals surface area contributed by atoms with E-state index in [4.69, 9.17) is 14.2 Å². The van der Waals surface area contributed by atoms with Gasteiger partial charge in [-0.05, 0) is 48.7 Å². The van der Waals surface area contributed by atoms with Crippen molar-refractivity contribution < 1.29 is 38.5 Å². The average Bonchev–Trinajstić information content (AvgIpc) is 3.32. The predicted octanol–water partition coefficient (Wildman–Crippen LogP) is 3.42. The van der Waals surface area contributed by atoms with Gasteiger partial charge in [0.2, 0.25) is 17.7 Å². The maximum absolute atomic E-state index is 14.5. The molecule has 0 aliphatic carbocycles. The summed E-state index contributed by atoms with van der Waals surface area (Å²) in [5.74, 6) is -0.783. The predicted molar refractivity (Wildman–Crippen MR) is 168 cm³/mol. The number of piperazine rings is 1. The van der Waals surface area contributed by atoms with E-state index in [1.165, 1.54) is 0 Å². The van der Waals surface area contributed by atoms with Crippen molar-refractivity contribution in [2.45, 2.75) is 78.0 Å². The number of amides is 3. The van der Waals surface area contributed by atoms with E-state index >= 15 is 0 Å². The fraction of sp³-hybridized carbons (Fsp3) is 0.529. The van der Waals surface area contributed by atoms with E-state index in [9.17, 15) is 24.3 Å². The number of anilines is 1. The van der Waals surface area contributed by atoms with Crippen LogP contribution >= 0.6 is 0 Å². The Morgan fingerprint density at radius 2 is 1.71 bits per heavy atom. The number of hydrogen-bond donors (Lipinski definition) is 2. The molecule has 0 spiro atoms. The van der Waals surface area contributed by atoms with E-state index in [-0.39, 0.29) is 55.6 Å². The minimum Gasteiger partial charge on any atom is -0.497 e. The zero-order valence-electron chi connectivity index (χ0n) is 26.9. The summed E-state index contributed by atoms with van der Waals surface area (Å²) >= 11 is 0. The lowest BCUT2D eigenvalue weighted by Gasteiger charge is -2.51. The second-order valence-corrected chi connectivity index (χ2v) is 12.1. The molecule has 0 bridgehead atoms. The lowest BCUT2D eigenvalue weighted by atomic mass is 9.86. The number of nitrogens with zero attached hydrogens (tertiary/aromatic N) is 2. The molecule has 1 unspecified atom stereocenters. The number of hydrogen-bond acceptors (Lipinski definition) is 8. The summed E-state index contributed by atoms with van der Waals surface area (Å²) < 4.78 is 16.5. The molecule has 0 radical (unpaired) electrons. The summed E-state index contributed by atoms with van der Waals surface area (Å²) in [6.45, 7) is 9.46. The number of carbonyl (C=O) groups is 4. The number of aliphatic hydroxyl groups is 1. The molecule has 1 fully saturated rings. The van der Waals surface area contributed by atoms with Crippen molar-refractivity contribution in [3.8, 4) is 11.5 Å². The van der Waals surface area contributed by atoms with Crippen molar-refractivity contribution in [3.63, 3.8) is 0 Å². The Hall–Kier alpha value is -4.12. The molecular weight excluding hydrogens is 578 g/mol. The van der Waals surface area contributed by atoms with E-state index < -0.39 is 30.1 Å². The normalized spacial score (nSPS) is 20.6. The van der Waals surface area contributed by atoms with Crippen molar-refractivity contribution in [3.05, 3.63) is 53.6 Å². The summed E-state index contributed by atoms with van der Waals surface area (Å²) in [7, 11) is 1.57. The molecule has 2 N–H and O–H groups in total. The number of methoxy groups -OCH3 is 1. The zero-order chi connectivity index (χ0) is 32.8. The Balaban J connectivity index is 1.84. The molecular formula is C34H45N3O8. The Morgan fingerprint density at radius 3 is 2.31 bits per heavy atom. The SMILES string of the molecule is CCOC(=O)CC1[C@@H]2[C@@H](NC(=O)C(C)C)c3cc(OCCCO)ccc3N2C(=O)[C@H](C(C)C)N1C(=O)Cc1ccc(OC)cc1. The largest absolute Gasteiger partial charge is 0.497 e. The number of rotatable bonds is 13. The highest BCUT2D eigenvalue weighted by Crippen LogP contribution is 2.48. The number of aliphatic hydroxyl groups excluding tert-OH is 1. The number of carbonyl (C=O) groups excluding carboxylic acids is 4. The lowest BCUT2D eigenvalue weighted by molar-refractivity contribution is -0.154. The molecule has 45 heavy (non-hydrogen) atoms. The highest BCUT2D eigenvalue weighted by atomic mass is 16.5. The van der Waals surface area contributed by atoms with Crippen molar-refractivity contribution in [1.82, 2.24) is 10.2 Å². The van der Waals surface area contributed by atoms with E-state index in [0.717, 1.165) is 5.56 Å². The standard InChI is InChI=1S/C34H45N3O8/c1-7-44-29(40)19-27-32-30(35-33(41)21(4)5)25-18-24(45-16-8-15-38)13-14-26(25)37(32)34(42)31(20(2)3)36(27)28(39)17-22-9-11-23(43-6)12-10-22/h9-14,18,20-21,27,30-32,38H,7-8,15-17,19H2,1-6H3,(H,35,41)/t27?,30-,31-,32+/m0/s1. The molecule has 2 aliphatic heterocycles.